The Bertz CT molecular complexity index is 1630. The van der Waals surface area contributed by atoms with E-state index in [0.717, 1.165) is 29.7 Å². The predicted octanol–water partition coefficient (Wildman–Crippen LogP) is 6.90. The van der Waals surface area contributed by atoms with Crippen molar-refractivity contribution in [1.29, 1.82) is 0 Å². The molecule has 0 spiro atoms. The van der Waals surface area contributed by atoms with E-state index in [1.54, 1.807) is 36.4 Å². The van der Waals surface area contributed by atoms with Crippen LogP contribution in [0.15, 0.2) is 108 Å². The molecule has 1 atom stereocenters. The molecule has 0 fully saturated rings. The molecule has 5 rings (SSSR count). The zero-order valence-corrected chi connectivity index (χ0v) is 24.9. The van der Waals surface area contributed by atoms with Crippen molar-refractivity contribution in [3.8, 4) is 11.5 Å². The fraction of sp³-hybridized carbons (Fsp3) is 0.265. The summed E-state index contributed by atoms with van der Waals surface area (Å²) in [7, 11) is -2.53. The molecule has 1 aliphatic rings. The Morgan fingerprint density at radius 3 is 2.24 bits per heavy atom. The molecule has 1 aliphatic heterocycles. The summed E-state index contributed by atoms with van der Waals surface area (Å²) in [5.74, 6) is 0.963. The van der Waals surface area contributed by atoms with Gasteiger partial charge >= 0.3 is 0 Å². The number of sulfonamides is 1. The molecule has 1 heterocycles. The third kappa shape index (κ3) is 5.85. The van der Waals surface area contributed by atoms with E-state index in [1.807, 2.05) is 54.6 Å². The van der Waals surface area contributed by atoms with Crippen molar-refractivity contribution in [3.63, 3.8) is 0 Å². The maximum atomic E-state index is 14.2. The average Bonchev–Trinajstić information content (AvgIpc) is 3.04. The zero-order chi connectivity index (χ0) is 29.7. The Morgan fingerprint density at radius 1 is 0.905 bits per heavy atom. The number of hydrogen-bond acceptors (Lipinski definition) is 5. The van der Waals surface area contributed by atoms with Crippen LogP contribution in [0.1, 0.15) is 60.6 Å². The van der Waals surface area contributed by atoms with E-state index in [9.17, 15) is 13.2 Å². The number of benzene rings is 4. The molecule has 1 N–H and O–H groups in total. The SMILES string of the molecule is CCC1(CC)C[C@H](NC(=O)c2ccccc2N(Cc2ccccc2)S(=O)(=O)c2ccc(OC)cc2)c2ccccc2O1. The van der Waals surface area contributed by atoms with Gasteiger partial charge in [0.25, 0.3) is 15.9 Å². The second kappa shape index (κ2) is 12.3. The first kappa shape index (κ1) is 29.2. The van der Waals surface area contributed by atoms with Gasteiger partial charge in [-0.3, -0.25) is 9.10 Å². The molecule has 0 saturated heterocycles. The molecule has 4 aromatic carbocycles. The molecular weight excluding hydrogens is 548 g/mol. The number of nitrogens with zero attached hydrogens (tertiary/aromatic N) is 1. The number of methoxy groups -OCH3 is 1. The van der Waals surface area contributed by atoms with Gasteiger partial charge in [0.1, 0.15) is 17.1 Å². The number of ether oxygens (including phenoxy) is 2. The molecule has 1 amide bonds. The predicted molar refractivity (Wildman–Crippen MR) is 164 cm³/mol. The van der Waals surface area contributed by atoms with Gasteiger partial charge < -0.3 is 14.8 Å². The van der Waals surface area contributed by atoms with Gasteiger partial charge in [-0.05, 0) is 60.9 Å². The third-order valence-electron chi connectivity index (χ3n) is 8.02. The second-order valence-electron chi connectivity index (χ2n) is 10.5. The minimum Gasteiger partial charge on any atom is -0.497 e. The van der Waals surface area contributed by atoms with Crippen LogP contribution in [0.4, 0.5) is 5.69 Å². The van der Waals surface area contributed by atoms with Crippen molar-refractivity contribution in [2.45, 2.75) is 56.2 Å². The van der Waals surface area contributed by atoms with Gasteiger partial charge in [0, 0.05) is 12.0 Å². The number of amides is 1. The van der Waals surface area contributed by atoms with E-state index in [2.05, 4.69) is 19.2 Å². The smallest absolute Gasteiger partial charge is 0.264 e. The summed E-state index contributed by atoms with van der Waals surface area (Å²) in [6.45, 7) is 4.24. The largest absolute Gasteiger partial charge is 0.497 e. The minimum absolute atomic E-state index is 0.0500. The van der Waals surface area contributed by atoms with Crippen molar-refractivity contribution in [3.05, 3.63) is 120 Å². The molecule has 0 saturated carbocycles. The first-order valence-electron chi connectivity index (χ1n) is 14.2. The highest BCUT2D eigenvalue weighted by atomic mass is 32.2. The maximum Gasteiger partial charge on any atom is 0.264 e. The number of rotatable bonds is 10. The molecule has 8 heteroatoms. The first-order chi connectivity index (χ1) is 20.3. The van der Waals surface area contributed by atoms with Gasteiger partial charge in [0.2, 0.25) is 0 Å². The summed E-state index contributed by atoms with van der Waals surface area (Å²) in [6.07, 6.45) is 2.21. The number of fused-ring (bicyclic) bond motifs is 1. The Labute approximate surface area is 248 Å². The van der Waals surface area contributed by atoms with Crippen LogP contribution in [-0.2, 0) is 16.6 Å². The molecule has 0 aromatic heterocycles. The lowest BCUT2D eigenvalue weighted by atomic mass is 9.83. The molecule has 0 bridgehead atoms. The molecule has 4 aromatic rings. The van der Waals surface area contributed by atoms with Crippen molar-refractivity contribution < 1.29 is 22.7 Å². The second-order valence-corrected chi connectivity index (χ2v) is 12.3. The zero-order valence-electron chi connectivity index (χ0n) is 24.1. The lowest BCUT2D eigenvalue weighted by Crippen LogP contribution is -2.44. The van der Waals surface area contributed by atoms with E-state index < -0.39 is 15.6 Å². The number of carbonyl (C=O) groups excluding carboxylic acids is 1. The summed E-state index contributed by atoms with van der Waals surface area (Å²) < 4.78 is 41.3. The van der Waals surface area contributed by atoms with Gasteiger partial charge in [0.05, 0.1) is 35.8 Å². The first-order valence-corrected chi connectivity index (χ1v) is 15.6. The Balaban J connectivity index is 1.55. The number of hydrogen-bond donors (Lipinski definition) is 1. The van der Waals surface area contributed by atoms with Gasteiger partial charge in [-0.1, -0.05) is 74.5 Å². The number of para-hydroxylation sites is 2. The van der Waals surface area contributed by atoms with Gasteiger partial charge in [0.15, 0.2) is 0 Å². The Kier molecular flexibility index (Phi) is 8.54. The summed E-state index contributed by atoms with van der Waals surface area (Å²) in [4.78, 5) is 14.1. The lowest BCUT2D eigenvalue weighted by molar-refractivity contribution is 0.0227. The van der Waals surface area contributed by atoms with Gasteiger partial charge in [-0.2, -0.15) is 0 Å². The quantitative estimate of drug-likeness (QED) is 0.219. The third-order valence-corrected chi connectivity index (χ3v) is 9.80. The van der Waals surface area contributed by atoms with Crippen molar-refractivity contribution >= 4 is 21.6 Å². The highest BCUT2D eigenvalue weighted by Crippen LogP contribution is 2.43. The van der Waals surface area contributed by atoms with Crippen LogP contribution in [-0.4, -0.2) is 27.0 Å². The number of nitrogens with one attached hydrogen (secondary N) is 1. The van der Waals surface area contributed by atoms with Crippen LogP contribution >= 0.6 is 0 Å². The Hall–Kier alpha value is -4.30. The standard InChI is InChI=1S/C34H36N2O5S/c1-4-34(5-2)23-30(28-15-10-12-18-32(28)41-34)35-33(37)29-16-9-11-17-31(29)36(24-25-13-7-6-8-14-25)42(38,39)27-21-19-26(40-3)20-22-27/h6-22,30H,4-5,23-24H2,1-3H3,(H,35,37)/t30-/m0/s1. The summed E-state index contributed by atoms with van der Waals surface area (Å²) in [5, 5.41) is 3.22. The van der Waals surface area contributed by atoms with Crippen molar-refractivity contribution in [1.82, 2.24) is 5.32 Å². The van der Waals surface area contributed by atoms with Crippen LogP contribution in [0.5, 0.6) is 11.5 Å². The average molecular weight is 585 g/mol. The molecular formula is C34H36N2O5S. The lowest BCUT2D eigenvalue weighted by Gasteiger charge is -2.41. The van der Waals surface area contributed by atoms with E-state index in [0.29, 0.717) is 17.9 Å². The van der Waals surface area contributed by atoms with Crippen molar-refractivity contribution in [2.24, 2.45) is 0 Å². The van der Waals surface area contributed by atoms with Crippen LogP contribution in [0.25, 0.3) is 0 Å². The molecule has 0 radical (unpaired) electrons. The van der Waals surface area contributed by atoms with Gasteiger partial charge in [-0.25, -0.2) is 8.42 Å². The molecule has 0 unspecified atom stereocenters. The fourth-order valence-corrected chi connectivity index (χ4v) is 6.94. The monoisotopic (exact) mass is 584 g/mol. The van der Waals surface area contributed by atoms with Crippen LogP contribution in [0.2, 0.25) is 0 Å². The summed E-state index contributed by atoms with van der Waals surface area (Å²) in [5.41, 5.74) is 1.87. The van der Waals surface area contributed by atoms with Gasteiger partial charge in [-0.15, -0.1) is 0 Å². The molecule has 218 valence electrons. The van der Waals surface area contributed by atoms with E-state index >= 15 is 0 Å². The van der Waals surface area contributed by atoms with E-state index in [1.165, 1.54) is 23.5 Å². The maximum absolute atomic E-state index is 14.2. The topological polar surface area (TPSA) is 84.9 Å². The number of carbonyl (C=O) groups is 1. The fourth-order valence-electron chi connectivity index (χ4n) is 5.47. The highest BCUT2D eigenvalue weighted by Gasteiger charge is 2.39. The van der Waals surface area contributed by atoms with E-state index in [-0.39, 0.29) is 29.0 Å². The normalized spacial score (nSPS) is 15.6. The van der Waals surface area contributed by atoms with Crippen molar-refractivity contribution in [2.75, 3.05) is 11.4 Å². The molecule has 7 nitrogen and oxygen atoms in total. The van der Waals surface area contributed by atoms with E-state index in [4.69, 9.17) is 9.47 Å². The van der Waals surface area contributed by atoms with Crippen LogP contribution in [0.3, 0.4) is 0 Å². The highest BCUT2D eigenvalue weighted by molar-refractivity contribution is 7.92. The summed E-state index contributed by atoms with van der Waals surface area (Å²) >= 11 is 0. The van der Waals surface area contributed by atoms with Crippen LogP contribution in [0, 0.1) is 0 Å². The summed E-state index contributed by atoms with van der Waals surface area (Å²) in [6, 6.07) is 29.9. The van der Waals surface area contributed by atoms with Crippen LogP contribution < -0.4 is 19.1 Å². The Morgan fingerprint density at radius 2 is 1.55 bits per heavy atom. The minimum atomic E-state index is -4.06. The molecule has 42 heavy (non-hydrogen) atoms. The molecule has 0 aliphatic carbocycles. The number of anilines is 1.